The highest BCUT2D eigenvalue weighted by molar-refractivity contribution is 7.14. The number of nitrogens with zero attached hydrogens (tertiary/aromatic N) is 3. The second-order valence-electron chi connectivity index (χ2n) is 8.81. The first kappa shape index (κ1) is 26.8. The fourth-order valence-electron chi connectivity index (χ4n) is 3.82. The fraction of sp³-hybridized carbons (Fsp3) is 0.269. The first-order chi connectivity index (χ1) is 17.6. The largest absolute Gasteiger partial charge is 0.461 e. The maximum Gasteiger partial charge on any atom is 0.350 e. The third kappa shape index (κ3) is 5.53. The summed E-state index contributed by atoms with van der Waals surface area (Å²) in [6.07, 6.45) is 2.67. The number of halogens is 2. The van der Waals surface area contributed by atoms with Crippen LogP contribution < -0.4 is 11.2 Å². The van der Waals surface area contributed by atoms with Crippen LogP contribution in [0, 0.1) is 0 Å². The van der Waals surface area contributed by atoms with Crippen molar-refractivity contribution >= 4 is 40.5 Å². The molecular weight excluding hydrogens is 535 g/mol. The molecule has 1 N–H and O–H groups in total. The van der Waals surface area contributed by atoms with Gasteiger partial charge in [-0.15, -0.1) is 11.3 Å². The minimum atomic E-state index is -0.813. The first-order valence-electron chi connectivity index (χ1n) is 11.6. The number of aromatic nitrogens is 4. The van der Waals surface area contributed by atoms with E-state index in [4.69, 9.17) is 32.9 Å². The van der Waals surface area contributed by atoms with Gasteiger partial charge in [0.2, 0.25) is 0 Å². The highest BCUT2D eigenvalue weighted by Crippen LogP contribution is 2.44. The van der Waals surface area contributed by atoms with E-state index in [9.17, 15) is 14.4 Å². The molecule has 2 heterocycles. The van der Waals surface area contributed by atoms with Crippen molar-refractivity contribution in [3.63, 3.8) is 0 Å². The normalized spacial score (nSPS) is 11.5. The van der Waals surface area contributed by atoms with E-state index in [1.165, 1.54) is 11.3 Å². The van der Waals surface area contributed by atoms with Gasteiger partial charge in [-0.05, 0) is 32.4 Å². The van der Waals surface area contributed by atoms with E-state index in [1.54, 1.807) is 12.1 Å². The molecule has 8 nitrogen and oxygen atoms in total. The minimum absolute atomic E-state index is 0.274. The predicted molar refractivity (Wildman–Crippen MR) is 145 cm³/mol. The van der Waals surface area contributed by atoms with Crippen molar-refractivity contribution in [3.05, 3.63) is 95.0 Å². The summed E-state index contributed by atoms with van der Waals surface area (Å²) in [7, 11) is 0. The zero-order chi connectivity index (χ0) is 26.7. The van der Waals surface area contributed by atoms with Crippen LogP contribution in [-0.4, -0.2) is 32.3 Å². The Kier molecular flexibility index (Phi) is 7.96. The number of ether oxygens (including phenoxy) is 1. The third-order valence-electron chi connectivity index (χ3n) is 5.73. The molecular formula is C26H24Cl2N4O4S. The van der Waals surface area contributed by atoms with E-state index < -0.39 is 22.6 Å². The lowest BCUT2D eigenvalue weighted by molar-refractivity contribution is 0.0506. The Morgan fingerprint density at radius 3 is 2.43 bits per heavy atom. The summed E-state index contributed by atoms with van der Waals surface area (Å²) in [6.45, 7) is 6.17. The summed E-state index contributed by atoms with van der Waals surface area (Å²) < 4.78 is 6.51. The molecule has 0 saturated carbocycles. The number of nitrogens with one attached hydrogen (secondary N) is 1. The lowest BCUT2D eigenvalue weighted by atomic mass is 9.85. The molecule has 4 aromatic rings. The number of hydrogen-bond donors (Lipinski definition) is 1. The number of H-pyrrole nitrogens is 1. The molecule has 192 valence electrons. The molecule has 0 aliphatic rings. The van der Waals surface area contributed by atoms with E-state index in [1.807, 2.05) is 51.1 Å². The zero-order valence-corrected chi connectivity index (χ0v) is 22.7. The fourth-order valence-corrected chi connectivity index (χ4v) is 5.85. The second-order valence-corrected chi connectivity index (χ2v) is 10.6. The van der Waals surface area contributed by atoms with Crippen LogP contribution in [0.2, 0.25) is 10.0 Å². The Hall–Kier alpha value is -3.27. The molecule has 0 aliphatic heterocycles. The highest BCUT2D eigenvalue weighted by atomic mass is 35.5. The van der Waals surface area contributed by atoms with Crippen LogP contribution in [-0.2, 0) is 10.2 Å². The van der Waals surface area contributed by atoms with Gasteiger partial charge in [0.05, 0.1) is 18.0 Å². The Bertz CT molecular complexity index is 1540. The van der Waals surface area contributed by atoms with Crippen LogP contribution in [0.4, 0.5) is 0 Å². The number of carbonyl (C=O) groups excluding carboxylic acids is 1. The molecule has 0 spiro atoms. The smallest absolute Gasteiger partial charge is 0.350 e. The van der Waals surface area contributed by atoms with E-state index in [0.717, 1.165) is 29.3 Å². The number of esters is 1. The highest BCUT2D eigenvalue weighted by Gasteiger charge is 2.34. The molecule has 0 bridgehead atoms. The van der Waals surface area contributed by atoms with Crippen molar-refractivity contribution in [2.75, 3.05) is 6.61 Å². The number of aromatic amines is 1. The third-order valence-corrected chi connectivity index (χ3v) is 7.69. The SMILES string of the molecule is CCCCOC(=O)c1sc(C(C)(C)c2c(Cl)cc(-n3ncc(=O)[nH]c3=O)cc2Cl)nc1-c1ccccc1. The maximum absolute atomic E-state index is 13.0. The van der Waals surface area contributed by atoms with E-state index in [-0.39, 0.29) is 10.0 Å². The van der Waals surface area contributed by atoms with Crippen molar-refractivity contribution in [2.45, 2.75) is 39.0 Å². The van der Waals surface area contributed by atoms with Gasteiger partial charge >= 0.3 is 11.7 Å². The van der Waals surface area contributed by atoms with Crippen LogP contribution >= 0.6 is 34.5 Å². The van der Waals surface area contributed by atoms with Crippen molar-refractivity contribution < 1.29 is 9.53 Å². The van der Waals surface area contributed by atoms with Crippen LogP contribution in [0.5, 0.6) is 0 Å². The van der Waals surface area contributed by atoms with Crippen LogP contribution in [0.15, 0.2) is 58.3 Å². The van der Waals surface area contributed by atoms with Crippen molar-refractivity contribution in [2.24, 2.45) is 0 Å². The number of benzene rings is 2. The number of unbranched alkanes of at least 4 members (excludes halogenated alkanes) is 1. The summed E-state index contributed by atoms with van der Waals surface area (Å²) >= 11 is 14.6. The Morgan fingerprint density at radius 1 is 1.14 bits per heavy atom. The summed E-state index contributed by atoms with van der Waals surface area (Å²) in [5.41, 5.74) is 0.0361. The van der Waals surface area contributed by atoms with Gasteiger partial charge < -0.3 is 4.74 Å². The monoisotopic (exact) mass is 558 g/mol. The molecule has 2 aromatic carbocycles. The lowest BCUT2D eigenvalue weighted by Crippen LogP contribution is -2.30. The van der Waals surface area contributed by atoms with Gasteiger partial charge in [-0.25, -0.2) is 14.6 Å². The standard InChI is InChI=1S/C26H24Cl2N4O4S/c1-4-5-11-36-23(34)22-21(15-9-7-6-8-10-15)31-24(37-22)26(2,3)20-17(27)12-16(13-18(20)28)32-25(35)30-19(33)14-29-32/h6-10,12-14H,4-5,11H2,1-3H3,(H,30,33,35). The first-order valence-corrected chi connectivity index (χ1v) is 13.1. The molecule has 0 fully saturated rings. The zero-order valence-electron chi connectivity index (χ0n) is 20.4. The molecule has 37 heavy (non-hydrogen) atoms. The predicted octanol–water partition coefficient (Wildman–Crippen LogP) is 5.63. The summed E-state index contributed by atoms with van der Waals surface area (Å²) in [6, 6.07) is 12.5. The topological polar surface area (TPSA) is 107 Å². The number of hydrogen-bond acceptors (Lipinski definition) is 7. The molecule has 0 saturated heterocycles. The molecule has 4 rings (SSSR count). The molecule has 0 amide bonds. The summed E-state index contributed by atoms with van der Waals surface area (Å²) in [5.74, 6) is -0.428. The average Bonchev–Trinajstić information content (AvgIpc) is 3.31. The number of thiazole rings is 1. The molecule has 11 heteroatoms. The van der Waals surface area contributed by atoms with Gasteiger partial charge in [0.15, 0.2) is 0 Å². The Balaban J connectivity index is 1.80. The van der Waals surface area contributed by atoms with Crippen LogP contribution in [0.25, 0.3) is 16.9 Å². The maximum atomic E-state index is 13.0. The number of rotatable bonds is 8. The molecule has 0 atom stereocenters. The average molecular weight is 559 g/mol. The quantitative estimate of drug-likeness (QED) is 0.221. The van der Waals surface area contributed by atoms with E-state index in [2.05, 4.69) is 10.1 Å². The van der Waals surface area contributed by atoms with Gasteiger partial charge in [-0.2, -0.15) is 9.78 Å². The minimum Gasteiger partial charge on any atom is -0.461 e. The summed E-state index contributed by atoms with van der Waals surface area (Å²) in [4.78, 5) is 44.0. The molecule has 0 aliphatic carbocycles. The van der Waals surface area contributed by atoms with Gasteiger partial charge in [0, 0.05) is 26.6 Å². The van der Waals surface area contributed by atoms with Crippen LogP contribution in [0.3, 0.4) is 0 Å². The molecule has 0 unspecified atom stereocenters. The van der Waals surface area contributed by atoms with Gasteiger partial charge in [-0.3, -0.25) is 9.78 Å². The van der Waals surface area contributed by atoms with Crippen molar-refractivity contribution in [1.29, 1.82) is 0 Å². The van der Waals surface area contributed by atoms with E-state index >= 15 is 0 Å². The Morgan fingerprint density at radius 2 is 1.81 bits per heavy atom. The van der Waals surface area contributed by atoms with Crippen molar-refractivity contribution in [3.8, 4) is 16.9 Å². The van der Waals surface area contributed by atoms with Crippen LogP contribution in [0.1, 0.15) is 53.9 Å². The van der Waals surface area contributed by atoms with Gasteiger partial charge in [-0.1, -0.05) is 66.9 Å². The lowest BCUT2D eigenvalue weighted by Gasteiger charge is -2.25. The molecule has 0 radical (unpaired) electrons. The Labute approximate surface area is 226 Å². The van der Waals surface area contributed by atoms with Gasteiger partial charge in [0.1, 0.15) is 16.1 Å². The van der Waals surface area contributed by atoms with Crippen molar-refractivity contribution in [1.82, 2.24) is 19.7 Å². The number of carbonyl (C=O) groups is 1. The van der Waals surface area contributed by atoms with E-state index in [0.29, 0.717) is 33.4 Å². The second kappa shape index (κ2) is 11.0. The summed E-state index contributed by atoms with van der Waals surface area (Å²) in [5, 5.41) is 5.02. The molecule has 2 aromatic heterocycles. The van der Waals surface area contributed by atoms with Gasteiger partial charge in [0.25, 0.3) is 5.56 Å².